The number of rotatable bonds is 6. The van der Waals surface area contributed by atoms with E-state index in [4.69, 9.17) is 15.6 Å². The van der Waals surface area contributed by atoms with E-state index in [-0.39, 0.29) is 0 Å². The van der Waals surface area contributed by atoms with Gasteiger partial charge >= 0.3 is 11.9 Å². The molecule has 0 spiro atoms. The minimum Gasteiger partial charge on any atom is -0.481 e. The average Bonchev–Trinajstić information content (AvgIpc) is 2.42. The van der Waals surface area contributed by atoms with Crippen LogP contribution in [-0.2, 0) is 19.1 Å². The Hall–Kier alpha value is -2.41. The minimum atomic E-state index is -1.25. The highest BCUT2D eigenvalue weighted by molar-refractivity contribution is 5.90. The molecule has 23 heavy (non-hydrogen) atoms. The third-order valence-electron chi connectivity index (χ3n) is 2.79. The second-order valence-electron chi connectivity index (χ2n) is 6.09. The first-order chi connectivity index (χ1) is 10.6. The highest BCUT2D eigenvalue weighted by Crippen LogP contribution is 2.18. The van der Waals surface area contributed by atoms with Crippen LogP contribution in [-0.4, -0.2) is 34.6 Å². The molecule has 0 fully saturated rings. The molecule has 0 aliphatic rings. The van der Waals surface area contributed by atoms with Crippen molar-refractivity contribution in [3.63, 3.8) is 0 Å². The van der Waals surface area contributed by atoms with Gasteiger partial charge in [0, 0.05) is 0 Å². The van der Waals surface area contributed by atoms with Gasteiger partial charge in [0.25, 0.3) is 0 Å². The number of nitrogens with one attached hydrogen (secondary N) is 1. The number of carboxylic acids is 1. The van der Waals surface area contributed by atoms with Crippen LogP contribution >= 0.6 is 0 Å². The van der Waals surface area contributed by atoms with Crippen molar-refractivity contribution < 1.29 is 24.2 Å². The lowest BCUT2D eigenvalue weighted by atomic mass is 10.1. The first kappa shape index (κ1) is 18.6. The zero-order valence-corrected chi connectivity index (χ0v) is 13.4. The number of carboxylic acid groups (broad SMARTS) is 1. The normalized spacial score (nSPS) is 13.7. The fourth-order valence-electron chi connectivity index (χ4n) is 1.81. The number of amides is 1. The van der Waals surface area contributed by atoms with Gasteiger partial charge in [-0.25, -0.2) is 4.79 Å². The third-order valence-corrected chi connectivity index (χ3v) is 2.79. The predicted molar refractivity (Wildman–Crippen MR) is 83.4 cm³/mol. The Morgan fingerprint density at radius 2 is 1.78 bits per heavy atom. The van der Waals surface area contributed by atoms with E-state index in [9.17, 15) is 14.4 Å². The van der Waals surface area contributed by atoms with E-state index >= 15 is 0 Å². The number of aliphatic carboxylic acids is 1. The number of hydrogen-bond acceptors (Lipinski definition) is 5. The maximum absolute atomic E-state index is 12.3. The van der Waals surface area contributed by atoms with Crippen molar-refractivity contribution in [3.8, 4) is 0 Å². The molecule has 0 aliphatic carbocycles. The molecule has 1 aromatic carbocycles. The van der Waals surface area contributed by atoms with Gasteiger partial charge in [0.1, 0.15) is 5.60 Å². The topological polar surface area (TPSA) is 119 Å². The standard InChI is InChI=1S/C16H22N2O5/c1-16(2,3)23-15(22)13(10-7-5-4-6-8-10)18-14(21)11(17)9-12(19)20/h4-8,11,13H,9,17H2,1-3H3,(H,18,21)(H,19,20)/t11-,13-/m0/s1. The van der Waals surface area contributed by atoms with Crippen LogP contribution in [0.4, 0.5) is 0 Å². The van der Waals surface area contributed by atoms with Crippen LogP contribution in [0.1, 0.15) is 38.8 Å². The summed E-state index contributed by atoms with van der Waals surface area (Å²) >= 11 is 0. The lowest BCUT2D eigenvalue weighted by Crippen LogP contribution is -2.46. The van der Waals surface area contributed by atoms with E-state index in [2.05, 4.69) is 5.32 Å². The predicted octanol–water partition coefficient (Wildman–Crippen LogP) is 0.988. The van der Waals surface area contributed by atoms with E-state index in [1.807, 2.05) is 0 Å². The first-order valence-corrected chi connectivity index (χ1v) is 7.15. The molecule has 0 heterocycles. The average molecular weight is 322 g/mol. The van der Waals surface area contributed by atoms with Crippen LogP contribution in [0.2, 0.25) is 0 Å². The molecular weight excluding hydrogens is 300 g/mol. The van der Waals surface area contributed by atoms with E-state index in [1.54, 1.807) is 51.1 Å². The minimum absolute atomic E-state index is 0.526. The second-order valence-corrected chi connectivity index (χ2v) is 6.09. The Morgan fingerprint density at radius 1 is 1.22 bits per heavy atom. The summed E-state index contributed by atoms with van der Waals surface area (Å²) in [6.07, 6.45) is -0.526. The molecule has 0 radical (unpaired) electrons. The smallest absolute Gasteiger partial charge is 0.333 e. The summed E-state index contributed by atoms with van der Waals surface area (Å²) < 4.78 is 5.31. The molecular formula is C16H22N2O5. The third kappa shape index (κ3) is 6.48. The fourth-order valence-corrected chi connectivity index (χ4v) is 1.81. The van der Waals surface area contributed by atoms with Crippen LogP contribution in [0, 0.1) is 0 Å². The van der Waals surface area contributed by atoms with Crippen molar-refractivity contribution in [1.29, 1.82) is 0 Å². The summed E-state index contributed by atoms with van der Waals surface area (Å²) in [5.41, 5.74) is 5.33. The maximum Gasteiger partial charge on any atom is 0.333 e. The van der Waals surface area contributed by atoms with Crippen molar-refractivity contribution in [1.82, 2.24) is 5.32 Å². The molecule has 4 N–H and O–H groups in total. The van der Waals surface area contributed by atoms with Gasteiger partial charge in [-0.3, -0.25) is 9.59 Å². The van der Waals surface area contributed by atoms with Gasteiger partial charge in [0.2, 0.25) is 5.91 Å². The molecule has 0 aromatic heterocycles. The van der Waals surface area contributed by atoms with Gasteiger partial charge in [-0.2, -0.15) is 0 Å². The molecule has 7 nitrogen and oxygen atoms in total. The Bertz CT molecular complexity index is 566. The highest BCUT2D eigenvalue weighted by Gasteiger charge is 2.30. The zero-order chi connectivity index (χ0) is 17.6. The summed E-state index contributed by atoms with van der Waals surface area (Å²) in [4.78, 5) is 35.0. The summed E-state index contributed by atoms with van der Waals surface area (Å²) in [5, 5.41) is 11.2. The van der Waals surface area contributed by atoms with Gasteiger partial charge in [-0.1, -0.05) is 30.3 Å². The molecule has 126 valence electrons. The van der Waals surface area contributed by atoms with E-state index < -0.39 is 42.0 Å². The number of benzene rings is 1. The van der Waals surface area contributed by atoms with E-state index in [0.717, 1.165) is 0 Å². The number of nitrogens with two attached hydrogens (primary N) is 1. The molecule has 7 heteroatoms. The van der Waals surface area contributed by atoms with Crippen LogP contribution < -0.4 is 11.1 Å². The van der Waals surface area contributed by atoms with Gasteiger partial charge < -0.3 is 20.9 Å². The summed E-state index contributed by atoms with van der Waals surface area (Å²) in [6, 6.07) is 6.23. The van der Waals surface area contributed by atoms with Crippen molar-refractivity contribution in [2.75, 3.05) is 0 Å². The molecule has 1 amide bonds. The van der Waals surface area contributed by atoms with Gasteiger partial charge in [-0.15, -0.1) is 0 Å². The Balaban J connectivity index is 2.94. The lowest BCUT2D eigenvalue weighted by Gasteiger charge is -2.25. The largest absolute Gasteiger partial charge is 0.481 e. The van der Waals surface area contributed by atoms with Crippen LogP contribution in [0.3, 0.4) is 0 Å². The molecule has 0 saturated carbocycles. The van der Waals surface area contributed by atoms with Crippen molar-refractivity contribution in [3.05, 3.63) is 35.9 Å². The Morgan fingerprint density at radius 3 is 2.26 bits per heavy atom. The SMILES string of the molecule is CC(C)(C)OC(=O)[C@@H](NC(=O)[C@@H](N)CC(=O)O)c1ccccc1. The van der Waals surface area contributed by atoms with Crippen molar-refractivity contribution in [2.24, 2.45) is 5.73 Å². The van der Waals surface area contributed by atoms with Crippen LogP contribution in [0.25, 0.3) is 0 Å². The number of ether oxygens (including phenoxy) is 1. The molecule has 0 saturated heterocycles. The first-order valence-electron chi connectivity index (χ1n) is 7.15. The molecule has 0 aliphatic heterocycles. The fraction of sp³-hybridized carbons (Fsp3) is 0.438. The molecule has 1 aromatic rings. The summed E-state index contributed by atoms with van der Waals surface area (Å²) in [5.74, 6) is -2.56. The number of carbonyl (C=O) groups is 3. The van der Waals surface area contributed by atoms with E-state index in [1.165, 1.54) is 0 Å². The van der Waals surface area contributed by atoms with Gasteiger partial charge in [0.05, 0.1) is 12.5 Å². The van der Waals surface area contributed by atoms with Crippen LogP contribution in [0.15, 0.2) is 30.3 Å². The van der Waals surface area contributed by atoms with Gasteiger partial charge in [-0.05, 0) is 26.3 Å². The van der Waals surface area contributed by atoms with E-state index in [0.29, 0.717) is 5.56 Å². The quantitative estimate of drug-likeness (QED) is 0.672. The Labute approximate surface area is 134 Å². The monoisotopic (exact) mass is 322 g/mol. The molecule has 1 rings (SSSR count). The molecule has 2 atom stereocenters. The zero-order valence-electron chi connectivity index (χ0n) is 13.4. The number of hydrogen-bond donors (Lipinski definition) is 3. The number of carbonyl (C=O) groups excluding carboxylic acids is 2. The summed E-state index contributed by atoms with van der Waals surface area (Å²) in [6.45, 7) is 5.14. The van der Waals surface area contributed by atoms with Crippen molar-refractivity contribution >= 4 is 17.8 Å². The maximum atomic E-state index is 12.3. The summed E-state index contributed by atoms with van der Waals surface area (Å²) in [7, 11) is 0. The van der Waals surface area contributed by atoms with Crippen LogP contribution in [0.5, 0.6) is 0 Å². The lowest BCUT2D eigenvalue weighted by molar-refractivity contribution is -0.159. The van der Waals surface area contributed by atoms with Crippen molar-refractivity contribution in [2.45, 2.75) is 44.9 Å². The molecule has 0 bridgehead atoms. The second kappa shape index (κ2) is 7.73. The van der Waals surface area contributed by atoms with Gasteiger partial charge in [0.15, 0.2) is 6.04 Å². The molecule has 0 unspecified atom stereocenters. The Kier molecular flexibility index (Phi) is 6.27. The number of esters is 1. The highest BCUT2D eigenvalue weighted by atomic mass is 16.6.